The average molecular weight is 367 g/mol. The Hall–Kier alpha value is -3.12. The molecule has 2 aromatic carbocycles. The number of fused-ring (bicyclic) bond motifs is 1. The molecule has 0 fully saturated rings. The molecule has 0 aliphatic heterocycles. The molecular formula is C19H15ClN4O2. The highest BCUT2D eigenvalue weighted by Gasteiger charge is 2.18. The minimum atomic E-state index is -0.309. The zero-order valence-corrected chi connectivity index (χ0v) is 14.9. The van der Waals surface area contributed by atoms with Gasteiger partial charge in [-0.25, -0.2) is 4.98 Å². The van der Waals surface area contributed by atoms with Crippen molar-refractivity contribution in [1.82, 2.24) is 15.2 Å². The second kappa shape index (κ2) is 6.31. The van der Waals surface area contributed by atoms with Crippen LogP contribution in [-0.4, -0.2) is 21.1 Å². The number of benzene rings is 2. The Labute approximate surface area is 154 Å². The van der Waals surface area contributed by atoms with E-state index in [0.717, 1.165) is 22.3 Å². The molecule has 6 nitrogen and oxygen atoms in total. The zero-order valence-electron chi connectivity index (χ0n) is 14.1. The predicted molar refractivity (Wildman–Crippen MR) is 100 cm³/mol. The molecule has 0 atom stereocenters. The van der Waals surface area contributed by atoms with Crippen molar-refractivity contribution in [2.75, 3.05) is 5.32 Å². The maximum atomic E-state index is 12.6. The fraction of sp³-hybridized carbons (Fsp3) is 0.105. The summed E-state index contributed by atoms with van der Waals surface area (Å²) in [7, 11) is 0. The van der Waals surface area contributed by atoms with E-state index >= 15 is 0 Å². The summed E-state index contributed by atoms with van der Waals surface area (Å²) < 4.78 is 5.69. The second-order valence-electron chi connectivity index (χ2n) is 5.97. The number of hydrogen-bond acceptors (Lipinski definition) is 4. The predicted octanol–water partition coefficient (Wildman–Crippen LogP) is 4.74. The number of hydrogen-bond donors (Lipinski definition) is 2. The Balaban J connectivity index is 1.57. The van der Waals surface area contributed by atoms with Crippen LogP contribution in [-0.2, 0) is 0 Å². The van der Waals surface area contributed by atoms with Crippen molar-refractivity contribution in [3.63, 3.8) is 0 Å². The molecule has 0 unspecified atom stereocenters. The average Bonchev–Trinajstić information content (AvgIpc) is 3.20. The number of anilines is 1. The standard InChI is InChI=1S/C19H15ClN4O2/c1-10-15-9-13(20)5-8-16(15)26-17(10)19(25)22-14-6-3-12(4-7-14)18-21-11(2)23-24-18/h3-9H,1-2H3,(H,22,25)(H,21,23,24). The van der Waals surface area contributed by atoms with Gasteiger partial charge in [0.05, 0.1) is 0 Å². The van der Waals surface area contributed by atoms with Crippen molar-refractivity contribution in [3.05, 3.63) is 64.6 Å². The van der Waals surface area contributed by atoms with Gasteiger partial charge in [0.25, 0.3) is 5.91 Å². The van der Waals surface area contributed by atoms with Gasteiger partial charge in [-0.2, -0.15) is 5.10 Å². The third-order valence-electron chi connectivity index (χ3n) is 4.10. The van der Waals surface area contributed by atoms with E-state index in [4.69, 9.17) is 16.0 Å². The van der Waals surface area contributed by atoms with Gasteiger partial charge in [0.15, 0.2) is 11.6 Å². The summed E-state index contributed by atoms with van der Waals surface area (Å²) in [6.07, 6.45) is 0. The molecule has 2 heterocycles. The highest BCUT2D eigenvalue weighted by Crippen LogP contribution is 2.28. The molecule has 0 aliphatic rings. The number of carbonyl (C=O) groups is 1. The van der Waals surface area contributed by atoms with Gasteiger partial charge in [-0.3, -0.25) is 9.89 Å². The number of nitrogens with one attached hydrogen (secondary N) is 2. The Morgan fingerprint density at radius 2 is 1.92 bits per heavy atom. The zero-order chi connectivity index (χ0) is 18.3. The smallest absolute Gasteiger partial charge is 0.291 e. The lowest BCUT2D eigenvalue weighted by Gasteiger charge is -2.04. The number of H-pyrrole nitrogens is 1. The number of furan rings is 1. The van der Waals surface area contributed by atoms with Crippen LogP contribution in [0.5, 0.6) is 0 Å². The number of aromatic nitrogens is 3. The second-order valence-corrected chi connectivity index (χ2v) is 6.41. The molecule has 2 aromatic heterocycles. The van der Waals surface area contributed by atoms with E-state index in [1.54, 1.807) is 30.3 Å². The van der Waals surface area contributed by atoms with E-state index < -0.39 is 0 Å². The third-order valence-corrected chi connectivity index (χ3v) is 4.34. The molecule has 0 saturated carbocycles. The molecule has 0 bridgehead atoms. The van der Waals surface area contributed by atoms with Crippen molar-refractivity contribution in [1.29, 1.82) is 0 Å². The van der Waals surface area contributed by atoms with E-state index in [0.29, 0.717) is 22.1 Å². The molecule has 0 radical (unpaired) electrons. The number of carbonyl (C=O) groups excluding carboxylic acids is 1. The first-order valence-corrected chi connectivity index (χ1v) is 8.38. The van der Waals surface area contributed by atoms with Crippen LogP contribution in [0.25, 0.3) is 22.4 Å². The SMILES string of the molecule is Cc1nc(-c2ccc(NC(=O)c3oc4ccc(Cl)cc4c3C)cc2)n[nH]1. The van der Waals surface area contributed by atoms with Gasteiger partial charge in [-0.1, -0.05) is 11.6 Å². The van der Waals surface area contributed by atoms with Crippen molar-refractivity contribution >= 4 is 34.2 Å². The molecule has 130 valence electrons. The van der Waals surface area contributed by atoms with Crippen molar-refractivity contribution < 1.29 is 9.21 Å². The van der Waals surface area contributed by atoms with E-state index in [1.165, 1.54) is 0 Å². The van der Waals surface area contributed by atoms with Gasteiger partial charge in [0, 0.05) is 27.2 Å². The maximum Gasteiger partial charge on any atom is 0.291 e. The van der Waals surface area contributed by atoms with Crippen molar-refractivity contribution in [2.45, 2.75) is 13.8 Å². The van der Waals surface area contributed by atoms with Crippen molar-refractivity contribution in [2.24, 2.45) is 0 Å². The highest BCUT2D eigenvalue weighted by molar-refractivity contribution is 6.31. The molecule has 7 heteroatoms. The molecule has 26 heavy (non-hydrogen) atoms. The molecule has 0 spiro atoms. The largest absolute Gasteiger partial charge is 0.451 e. The molecule has 4 rings (SSSR count). The molecule has 0 aliphatic carbocycles. The first-order valence-electron chi connectivity index (χ1n) is 8.01. The lowest BCUT2D eigenvalue weighted by Crippen LogP contribution is -2.12. The minimum Gasteiger partial charge on any atom is -0.451 e. The number of aryl methyl sites for hydroxylation is 2. The fourth-order valence-electron chi connectivity index (χ4n) is 2.77. The number of aromatic amines is 1. The van der Waals surface area contributed by atoms with Crippen LogP contribution in [0, 0.1) is 13.8 Å². The summed E-state index contributed by atoms with van der Waals surface area (Å²) in [6, 6.07) is 12.6. The fourth-order valence-corrected chi connectivity index (χ4v) is 2.94. The van der Waals surface area contributed by atoms with Crippen LogP contribution in [0.1, 0.15) is 21.9 Å². The normalized spacial score (nSPS) is 11.0. The van der Waals surface area contributed by atoms with Crippen LogP contribution in [0.15, 0.2) is 46.9 Å². The van der Waals surface area contributed by atoms with Gasteiger partial charge in [0.1, 0.15) is 11.4 Å². The van der Waals surface area contributed by atoms with E-state index in [-0.39, 0.29) is 11.7 Å². The molecule has 1 amide bonds. The van der Waals surface area contributed by atoms with Crippen LogP contribution in [0.4, 0.5) is 5.69 Å². The maximum absolute atomic E-state index is 12.6. The summed E-state index contributed by atoms with van der Waals surface area (Å²) in [5, 5.41) is 11.2. The lowest BCUT2D eigenvalue weighted by molar-refractivity contribution is 0.0998. The van der Waals surface area contributed by atoms with Gasteiger partial charge in [-0.15, -0.1) is 0 Å². The summed E-state index contributed by atoms with van der Waals surface area (Å²) >= 11 is 6.02. The lowest BCUT2D eigenvalue weighted by atomic mass is 10.1. The monoisotopic (exact) mass is 366 g/mol. The summed E-state index contributed by atoms with van der Waals surface area (Å²) in [5.41, 5.74) is 2.91. The number of rotatable bonds is 3. The van der Waals surface area contributed by atoms with Gasteiger partial charge in [0.2, 0.25) is 0 Å². The van der Waals surface area contributed by atoms with E-state index in [2.05, 4.69) is 20.5 Å². The Morgan fingerprint density at radius 1 is 1.15 bits per heavy atom. The number of halogens is 1. The summed E-state index contributed by atoms with van der Waals surface area (Å²) in [4.78, 5) is 16.9. The Bertz CT molecular complexity index is 1110. The summed E-state index contributed by atoms with van der Waals surface area (Å²) in [6.45, 7) is 3.68. The first-order chi connectivity index (χ1) is 12.5. The van der Waals surface area contributed by atoms with Crippen LogP contribution >= 0.6 is 11.6 Å². The van der Waals surface area contributed by atoms with Gasteiger partial charge < -0.3 is 9.73 Å². The quantitative estimate of drug-likeness (QED) is 0.548. The van der Waals surface area contributed by atoms with Gasteiger partial charge >= 0.3 is 0 Å². The molecule has 2 N–H and O–H groups in total. The molecular weight excluding hydrogens is 352 g/mol. The minimum absolute atomic E-state index is 0.274. The topological polar surface area (TPSA) is 83.8 Å². The Kier molecular flexibility index (Phi) is 3.97. The summed E-state index contributed by atoms with van der Waals surface area (Å²) in [5.74, 6) is 1.33. The molecule has 4 aromatic rings. The van der Waals surface area contributed by atoms with Crippen LogP contribution in [0.2, 0.25) is 5.02 Å². The van der Waals surface area contributed by atoms with Crippen LogP contribution < -0.4 is 5.32 Å². The highest BCUT2D eigenvalue weighted by atomic mass is 35.5. The van der Waals surface area contributed by atoms with E-state index in [1.807, 2.05) is 26.0 Å². The van der Waals surface area contributed by atoms with E-state index in [9.17, 15) is 4.79 Å². The Morgan fingerprint density at radius 3 is 2.62 bits per heavy atom. The van der Waals surface area contributed by atoms with Crippen molar-refractivity contribution in [3.8, 4) is 11.4 Å². The number of amides is 1. The van der Waals surface area contributed by atoms with Crippen LogP contribution in [0.3, 0.4) is 0 Å². The third kappa shape index (κ3) is 2.95. The van der Waals surface area contributed by atoms with Gasteiger partial charge in [-0.05, 0) is 56.3 Å². The number of nitrogens with zero attached hydrogens (tertiary/aromatic N) is 2. The molecule has 0 saturated heterocycles. The first kappa shape index (κ1) is 16.4.